The Labute approximate surface area is 179 Å². The Bertz CT molecular complexity index is 1300. The molecule has 1 aromatic heterocycles. The highest BCUT2D eigenvalue weighted by molar-refractivity contribution is 6.13. The molecule has 0 N–H and O–H groups in total. The fraction of sp³-hybridized carbons (Fsp3) is 0.154. The Balaban J connectivity index is 1.93. The molecule has 0 saturated heterocycles. The second-order valence-corrected chi connectivity index (χ2v) is 7.15. The summed E-state index contributed by atoms with van der Waals surface area (Å²) in [7, 11) is 1.58. The molecule has 4 aromatic rings. The summed E-state index contributed by atoms with van der Waals surface area (Å²) in [6.45, 7) is 4.34. The third-order valence-corrected chi connectivity index (χ3v) is 5.05. The fourth-order valence-electron chi connectivity index (χ4n) is 3.47. The summed E-state index contributed by atoms with van der Waals surface area (Å²) in [5.41, 5.74) is 2.06. The normalized spacial score (nSPS) is 10.8. The van der Waals surface area contributed by atoms with Gasteiger partial charge in [0.2, 0.25) is 11.2 Å². The zero-order valence-electron chi connectivity index (χ0n) is 17.6. The smallest absolute Gasteiger partial charge is 0.204 e. The topological polar surface area (TPSA) is 65.7 Å². The van der Waals surface area contributed by atoms with E-state index in [0.717, 1.165) is 5.56 Å². The van der Waals surface area contributed by atoms with Gasteiger partial charge in [0.25, 0.3) is 0 Å². The number of ether oxygens (including phenoxy) is 2. The van der Waals surface area contributed by atoms with Gasteiger partial charge in [0, 0.05) is 11.1 Å². The highest BCUT2D eigenvalue weighted by Gasteiger charge is 2.23. The molecule has 31 heavy (non-hydrogen) atoms. The van der Waals surface area contributed by atoms with Crippen LogP contribution in [-0.4, -0.2) is 19.5 Å². The van der Waals surface area contributed by atoms with Crippen molar-refractivity contribution in [2.75, 3.05) is 13.7 Å². The van der Waals surface area contributed by atoms with Gasteiger partial charge in [-0.2, -0.15) is 0 Å². The molecular formula is C26H22O5. The predicted octanol–water partition coefficient (Wildman–Crippen LogP) is 5.41. The summed E-state index contributed by atoms with van der Waals surface area (Å²) in [5.74, 6) is 1.17. The zero-order valence-corrected chi connectivity index (χ0v) is 17.6. The molecule has 0 radical (unpaired) electrons. The molecule has 0 bridgehead atoms. The van der Waals surface area contributed by atoms with Crippen molar-refractivity contribution in [1.82, 2.24) is 0 Å². The van der Waals surface area contributed by atoms with E-state index in [2.05, 4.69) is 0 Å². The number of aryl methyl sites for hydroxylation is 1. The van der Waals surface area contributed by atoms with Crippen LogP contribution in [0.4, 0.5) is 0 Å². The second-order valence-electron chi connectivity index (χ2n) is 7.15. The molecule has 1 heterocycles. The van der Waals surface area contributed by atoms with E-state index in [1.54, 1.807) is 67.8 Å². The summed E-state index contributed by atoms with van der Waals surface area (Å²) in [5, 5.41) is 0.372. The van der Waals surface area contributed by atoms with Gasteiger partial charge >= 0.3 is 0 Å². The second kappa shape index (κ2) is 8.48. The quantitative estimate of drug-likeness (QED) is 0.395. The van der Waals surface area contributed by atoms with Crippen LogP contribution in [0.5, 0.6) is 11.5 Å². The number of methoxy groups -OCH3 is 1. The number of ketones is 1. The SMILES string of the molecule is CCOc1ccc(C(=O)c2c(-c3ccc(OC)cc3)oc3cc(C)ccc3c2=O)cc1. The number of carbonyl (C=O) groups is 1. The van der Waals surface area contributed by atoms with Crippen LogP contribution in [0.1, 0.15) is 28.4 Å². The van der Waals surface area contributed by atoms with Gasteiger partial charge in [-0.1, -0.05) is 6.07 Å². The van der Waals surface area contributed by atoms with Crippen LogP contribution in [0.3, 0.4) is 0 Å². The first kappa shape index (κ1) is 20.4. The molecule has 156 valence electrons. The lowest BCUT2D eigenvalue weighted by Crippen LogP contribution is -2.18. The third-order valence-electron chi connectivity index (χ3n) is 5.05. The summed E-state index contributed by atoms with van der Waals surface area (Å²) in [4.78, 5) is 26.8. The van der Waals surface area contributed by atoms with Gasteiger partial charge in [-0.3, -0.25) is 9.59 Å². The van der Waals surface area contributed by atoms with E-state index < -0.39 is 5.78 Å². The van der Waals surface area contributed by atoms with Crippen molar-refractivity contribution in [2.24, 2.45) is 0 Å². The summed E-state index contributed by atoms with van der Waals surface area (Å²) >= 11 is 0. The summed E-state index contributed by atoms with van der Waals surface area (Å²) in [6.07, 6.45) is 0. The number of fused-ring (bicyclic) bond motifs is 1. The molecule has 0 amide bonds. The molecule has 0 unspecified atom stereocenters. The van der Waals surface area contributed by atoms with E-state index in [1.165, 1.54) is 0 Å². The average Bonchev–Trinajstić information content (AvgIpc) is 2.79. The van der Waals surface area contributed by atoms with Crippen LogP contribution in [0.15, 0.2) is 75.9 Å². The molecular weight excluding hydrogens is 392 g/mol. The third kappa shape index (κ3) is 3.94. The number of carbonyl (C=O) groups excluding carboxylic acids is 1. The van der Waals surface area contributed by atoms with E-state index in [4.69, 9.17) is 13.9 Å². The van der Waals surface area contributed by atoms with Crippen LogP contribution in [0, 0.1) is 6.92 Å². The number of benzene rings is 3. The molecule has 0 atom stereocenters. The molecule has 5 nitrogen and oxygen atoms in total. The lowest BCUT2D eigenvalue weighted by molar-refractivity contribution is 0.103. The van der Waals surface area contributed by atoms with Crippen LogP contribution < -0.4 is 14.9 Å². The van der Waals surface area contributed by atoms with Gasteiger partial charge in [0.15, 0.2) is 0 Å². The molecule has 0 aliphatic rings. The maximum Gasteiger partial charge on any atom is 0.204 e. The van der Waals surface area contributed by atoms with Crippen molar-refractivity contribution in [2.45, 2.75) is 13.8 Å². The van der Waals surface area contributed by atoms with Crippen molar-refractivity contribution < 1.29 is 18.7 Å². The van der Waals surface area contributed by atoms with Gasteiger partial charge in [-0.05, 0) is 80.1 Å². The Morgan fingerprint density at radius 2 is 1.61 bits per heavy atom. The maximum atomic E-state index is 13.4. The maximum absolute atomic E-state index is 13.4. The Morgan fingerprint density at radius 3 is 2.26 bits per heavy atom. The van der Waals surface area contributed by atoms with Crippen molar-refractivity contribution in [3.63, 3.8) is 0 Å². The van der Waals surface area contributed by atoms with E-state index >= 15 is 0 Å². The highest BCUT2D eigenvalue weighted by atomic mass is 16.5. The zero-order chi connectivity index (χ0) is 22.0. The number of rotatable bonds is 6. The van der Waals surface area contributed by atoms with Crippen LogP contribution in [0.25, 0.3) is 22.3 Å². The average molecular weight is 414 g/mol. The van der Waals surface area contributed by atoms with E-state index in [1.807, 2.05) is 19.9 Å². The molecule has 4 rings (SSSR count). The minimum atomic E-state index is -0.398. The lowest BCUT2D eigenvalue weighted by atomic mass is 9.97. The molecule has 0 fully saturated rings. The summed E-state index contributed by atoms with van der Waals surface area (Å²) in [6, 6.07) is 19.2. The lowest BCUT2D eigenvalue weighted by Gasteiger charge is -2.11. The molecule has 0 aliphatic carbocycles. The van der Waals surface area contributed by atoms with Crippen molar-refractivity contribution in [3.05, 3.63) is 93.6 Å². The first-order chi connectivity index (χ1) is 15.0. The predicted molar refractivity (Wildman–Crippen MR) is 120 cm³/mol. The van der Waals surface area contributed by atoms with Crippen molar-refractivity contribution >= 4 is 16.8 Å². The van der Waals surface area contributed by atoms with Crippen molar-refractivity contribution in [1.29, 1.82) is 0 Å². The summed E-state index contributed by atoms with van der Waals surface area (Å²) < 4.78 is 16.8. The number of hydrogen-bond donors (Lipinski definition) is 0. The van der Waals surface area contributed by atoms with Gasteiger partial charge in [0.1, 0.15) is 28.4 Å². The van der Waals surface area contributed by atoms with E-state index in [9.17, 15) is 9.59 Å². The Hall–Kier alpha value is -3.86. The standard InChI is InChI=1S/C26H22O5/c1-4-30-20-12-6-17(7-13-20)24(27)23-25(28)21-14-5-16(2)15-22(21)31-26(23)18-8-10-19(29-3)11-9-18/h5-15H,4H2,1-3H3. The minimum absolute atomic E-state index is 0.00526. The Kier molecular flexibility index (Phi) is 5.58. The molecule has 5 heteroatoms. The van der Waals surface area contributed by atoms with Gasteiger partial charge in [0.05, 0.1) is 19.1 Å². The van der Waals surface area contributed by atoms with E-state index in [-0.39, 0.29) is 16.8 Å². The largest absolute Gasteiger partial charge is 0.497 e. The van der Waals surface area contributed by atoms with Gasteiger partial charge in [-0.25, -0.2) is 0 Å². The highest BCUT2D eigenvalue weighted by Crippen LogP contribution is 2.29. The Morgan fingerprint density at radius 1 is 0.935 bits per heavy atom. The molecule has 0 saturated carbocycles. The molecule has 0 spiro atoms. The first-order valence-corrected chi connectivity index (χ1v) is 10.0. The first-order valence-electron chi connectivity index (χ1n) is 10.0. The number of hydrogen-bond acceptors (Lipinski definition) is 5. The van der Waals surface area contributed by atoms with Crippen LogP contribution >= 0.6 is 0 Å². The van der Waals surface area contributed by atoms with Gasteiger partial charge < -0.3 is 13.9 Å². The van der Waals surface area contributed by atoms with E-state index in [0.29, 0.717) is 40.2 Å². The molecule has 3 aromatic carbocycles. The fourth-order valence-corrected chi connectivity index (χ4v) is 3.47. The van der Waals surface area contributed by atoms with Crippen LogP contribution in [0.2, 0.25) is 0 Å². The van der Waals surface area contributed by atoms with Crippen LogP contribution in [-0.2, 0) is 0 Å². The van der Waals surface area contributed by atoms with Crippen molar-refractivity contribution in [3.8, 4) is 22.8 Å². The monoisotopic (exact) mass is 414 g/mol. The minimum Gasteiger partial charge on any atom is -0.497 e. The molecule has 0 aliphatic heterocycles. The van der Waals surface area contributed by atoms with Gasteiger partial charge in [-0.15, -0.1) is 0 Å².